The lowest BCUT2D eigenvalue weighted by molar-refractivity contribution is -0.146. The van der Waals surface area contributed by atoms with Crippen LogP contribution in [0.2, 0.25) is 0 Å². The van der Waals surface area contributed by atoms with Crippen LogP contribution in [0.15, 0.2) is 34.8 Å². The second kappa shape index (κ2) is 11.5. The number of rotatable bonds is 7. The lowest BCUT2D eigenvalue weighted by Gasteiger charge is -2.37. The van der Waals surface area contributed by atoms with Crippen molar-refractivity contribution in [2.45, 2.75) is 64.8 Å². The number of fused-ring (bicyclic) bond motifs is 1. The molecule has 35 heavy (non-hydrogen) atoms. The Morgan fingerprint density at radius 3 is 2.57 bits per heavy atom. The third-order valence-electron chi connectivity index (χ3n) is 6.41. The summed E-state index contributed by atoms with van der Waals surface area (Å²) in [7, 11) is 1.73. The van der Waals surface area contributed by atoms with Crippen molar-refractivity contribution in [2.24, 2.45) is 5.92 Å². The summed E-state index contributed by atoms with van der Waals surface area (Å²) in [4.78, 5) is 44.7. The molecular weight excluding hydrogens is 514 g/mol. The third-order valence-corrected chi connectivity index (χ3v) is 6.91. The van der Waals surface area contributed by atoms with Gasteiger partial charge in [0.2, 0.25) is 11.8 Å². The molecule has 3 amide bonds. The standard InChI is InChI=1S/C25H34BrN5O4/c1-14(2)22(32)23(33)27-15(3)24(34)31-12-6-7-20(29-31)25(35)30(5)16(4)19-11-9-17-8-10-18(26)13-21(17)28-19/h8-11,13-16,20,22,29,32H,6-7,12H2,1-5H3,(H,27,33). The fourth-order valence-electron chi connectivity index (χ4n) is 3.99. The first-order chi connectivity index (χ1) is 16.5. The molecule has 3 N–H and O–H groups in total. The van der Waals surface area contributed by atoms with E-state index in [0.717, 1.165) is 21.1 Å². The predicted molar refractivity (Wildman–Crippen MR) is 137 cm³/mol. The molecule has 1 saturated heterocycles. The van der Waals surface area contributed by atoms with E-state index in [1.807, 2.05) is 37.3 Å². The van der Waals surface area contributed by atoms with Gasteiger partial charge in [-0.25, -0.2) is 5.43 Å². The summed E-state index contributed by atoms with van der Waals surface area (Å²) in [5.41, 5.74) is 4.65. The number of carbonyl (C=O) groups is 3. The Balaban J connectivity index is 1.64. The third kappa shape index (κ3) is 6.36. The normalized spacial score (nSPS) is 18.7. The van der Waals surface area contributed by atoms with Crippen LogP contribution >= 0.6 is 15.9 Å². The number of hydrogen-bond acceptors (Lipinski definition) is 6. The zero-order valence-electron chi connectivity index (χ0n) is 20.8. The van der Waals surface area contributed by atoms with Gasteiger partial charge in [-0.2, -0.15) is 0 Å². The Labute approximate surface area is 214 Å². The monoisotopic (exact) mass is 547 g/mol. The SMILES string of the molecule is CC(NC(=O)C(O)C(C)C)C(=O)N1CCCC(C(=O)N(C)C(C)c2ccc3ccc(Br)cc3n2)N1. The summed E-state index contributed by atoms with van der Waals surface area (Å²) < 4.78 is 0.937. The summed E-state index contributed by atoms with van der Waals surface area (Å²) in [6.45, 7) is 7.37. The van der Waals surface area contributed by atoms with E-state index in [9.17, 15) is 19.5 Å². The molecule has 1 fully saturated rings. The highest BCUT2D eigenvalue weighted by molar-refractivity contribution is 9.10. The highest BCUT2D eigenvalue weighted by Crippen LogP contribution is 2.24. The van der Waals surface area contributed by atoms with Gasteiger partial charge in [-0.05, 0) is 50.8 Å². The largest absolute Gasteiger partial charge is 0.383 e. The van der Waals surface area contributed by atoms with E-state index >= 15 is 0 Å². The number of benzene rings is 1. The number of nitrogens with zero attached hydrogens (tertiary/aromatic N) is 3. The van der Waals surface area contributed by atoms with Crippen molar-refractivity contribution in [3.8, 4) is 0 Å². The summed E-state index contributed by atoms with van der Waals surface area (Å²) in [6.07, 6.45) is 0.0493. The van der Waals surface area contributed by atoms with Crippen LogP contribution in [0.25, 0.3) is 10.9 Å². The molecule has 2 heterocycles. The maximum Gasteiger partial charge on any atom is 0.258 e. The molecule has 0 spiro atoms. The van der Waals surface area contributed by atoms with Gasteiger partial charge in [0.15, 0.2) is 0 Å². The Hall–Kier alpha value is -2.56. The van der Waals surface area contributed by atoms with Crippen LogP contribution < -0.4 is 10.7 Å². The fourth-order valence-corrected chi connectivity index (χ4v) is 4.34. The van der Waals surface area contributed by atoms with E-state index in [0.29, 0.717) is 19.4 Å². The Morgan fingerprint density at radius 1 is 1.20 bits per heavy atom. The maximum absolute atomic E-state index is 13.3. The molecular formula is C25H34BrN5O4. The zero-order valence-corrected chi connectivity index (χ0v) is 22.4. The average molecular weight is 548 g/mol. The van der Waals surface area contributed by atoms with Crippen molar-refractivity contribution >= 4 is 44.6 Å². The van der Waals surface area contributed by atoms with Gasteiger partial charge in [-0.15, -0.1) is 0 Å². The summed E-state index contributed by atoms with van der Waals surface area (Å²) >= 11 is 3.47. The summed E-state index contributed by atoms with van der Waals surface area (Å²) in [5.74, 6) is -1.35. The number of hydrazine groups is 1. The van der Waals surface area contributed by atoms with Gasteiger partial charge in [0.25, 0.3) is 5.91 Å². The van der Waals surface area contributed by atoms with E-state index in [4.69, 9.17) is 4.98 Å². The van der Waals surface area contributed by atoms with Crippen LogP contribution in [0.3, 0.4) is 0 Å². The van der Waals surface area contributed by atoms with Crippen LogP contribution in [0.4, 0.5) is 0 Å². The zero-order chi connectivity index (χ0) is 25.9. The van der Waals surface area contributed by atoms with Crippen LogP contribution in [-0.4, -0.2) is 69.5 Å². The van der Waals surface area contributed by atoms with Gasteiger partial charge in [0, 0.05) is 23.5 Å². The van der Waals surface area contributed by atoms with Gasteiger partial charge in [-0.3, -0.25) is 24.4 Å². The minimum Gasteiger partial charge on any atom is -0.383 e. The van der Waals surface area contributed by atoms with Crippen molar-refractivity contribution in [3.05, 3.63) is 40.5 Å². The highest BCUT2D eigenvalue weighted by Gasteiger charge is 2.34. The average Bonchev–Trinajstić information content (AvgIpc) is 2.85. The molecule has 2 aromatic rings. The quantitative estimate of drug-likeness (QED) is 0.490. The number of amides is 3. The first-order valence-electron chi connectivity index (χ1n) is 11.9. The van der Waals surface area contributed by atoms with E-state index < -0.39 is 24.1 Å². The molecule has 10 heteroatoms. The number of nitrogens with one attached hydrogen (secondary N) is 2. The fraction of sp³-hybridized carbons (Fsp3) is 0.520. The molecule has 0 aliphatic carbocycles. The van der Waals surface area contributed by atoms with Gasteiger partial charge < -0.3 is 15.3 Å². The number of hydrogen-bond donors (Lipinski definition) is 3. The summed E-state index contributed by atoms with van der Waals surface area (Å²) in [5, 5.41) is 14.9. The van der Waals surface area contributed by atoms with Crippen molar-refractivity contribution in [3.63, 3.8) is 0 Å². The maximum atomic E-state index is 13.3. The van der Waals surface area contributed by atoms with Crippen molar-refractivity contribution in [1.82, 2.24) is 25.6 Å². The molecule has 9 nitrogen and oxygen atoms in total. The van der Waals surface area contributed by atoms with Gasteiger partial charge in [-0.1, -0.05) is 41.9 Å². The van der Waals surface area contributed by atoms with Crippen molar-refractivity contribution < 1.29 is 19.5 Å². The molecule has 0 bridgehead atoms. The topological polar surface area (TPSA) is 115 Å². The molecule has 1 aliphatic heterocycles. The molecule has 4 unspecified atom stereocenters. The molecule has 1 aromatic heterocycles. The van der Waals surface area contributed by atoms with E-state index in [1.54, 1.807) is 32.7 Å². The molecule has 0 radical (unpaired) electrons. The highest BCUT2D eigenvalue weighted by atomic mass is 79.9. The number of likely N-dealkylation sites (N-methyl/N-ethyl adjacent to an activating group) is 1. The van der Waals surface area contributed by atoms with Gasteiger partial charge in [0.05, 0.1) is 17.3 Å². The Bertz CT molecular complexity index is 1090. The van der Waals surface area contributed by atoms with Crippen molar-refractivity contribution in [2.75, 3.05) is 13.6 Å². The number of pyridine rings is 1. The second-order valence-electron chi connectivity index (χ2n) is 9.43. The number of aliphatic hydroxyl groups excluding tert-OH is 1. The van der Waals surface area contributed by atoms with Crippen LogP contribution in [0, 0.1) is 5.92 Å². The van der Waals surface area contributed by atoms with Gasteiger partial charge >= 0.3 is 0 Å². The predicted octanol–water partition coefficient (Wildman–Crippen LogP) is 2.53. The first-order valence-corrected chi connectivity index (χ1v) is 12.7. The van der Waals surface area contributed by atoms with Crippen LogP contribution in [0.1, 0.15) is 52.3 Å². The molecule has 0 saturated carbocycles. The van der Waals surface area contributed by atoms with Crippen molar-refractivity contribution in [1.29, 1.82) is 0 Å². The Kier molecular flexibility index (Phi) is 8.84. The van der Waals surface area contributed by atoms with Crippen LogP contribution in [0.5, 0.6) is 0 Å². The molecule has 3 rings (SSSR count). The van der Waals surface area contributed by atoms with Gasteiger partial charge in [0.1, 0.15) is 18.2 Å². The number of aliphatic hydroxyl groups is 1. The lowest BCUT2D eigenvalue weighted by Crippen LogP contribution is -2.61. The summed E-state index contributed by atoms with van der Waals surface area (Å²) in [6, 6.07) is 8.13. The molecule has 190 valence electrons. The smallest absolute Gasteiger partial charge is 0.258 e. The second-order valence-corrected chi connectivity index (χ2v) is 10.3. The van der Waals surface area contributed by atoms with E-state index in [-0.39, 0.29) is 23.8 Å². The van der Waals surface area contributed by atoms with E-state index in [2.05, 4.69) is 26.7 Å². The number of halogens is 1. The van der Waals surface area contributed by atoms with E-state index in [1.165, 1.54) is 5.01 Å². The number of carbonyl (C=O) groups excluding carboxylic acids is 3. The lowest BCUT2D eigenvalue weighted by atomic mass is 10.1. The first kappa shape index (κ1) is 27.0. The Morgan fingerprint density at radius 2 is 1.89 bits per heavy atom. The molecule has 1 aromatic carbocycles. The molecule has 1 aliphatic rings. The number of aromatic nitrogens is 1. The minimum atomic E-state index is -1.19. The minimum absolute atomic E-state index is 0.141. The molecule has 4 atom stereocenters. The van der Waals surface area contributed by atoms with Crippen LogP contribution in [-0.2, 0) is 14.4 Å².